The Morgan fingerprint density at radius 2 is 2.15 bits per heavy atom. The van der Waals surface area contributed by atoms with Crippen LogP contribution >= 0.6 is 0 Å². The molecule has 1 aromatic carbocycles. The van der Waals surface area contributed by atoms with Gasteiger partial charge in [-0.15, -0.1) is 0 Å². The van der Waals surface area contributed by atoms with Crippen LogP contribution in [0.5, 0.6) is 0 Å². The van der Waals surface area contributed by atoms with E-state index in [4.69, 9.17) is 4.42 Å². The molecule has 0 saturated heterocycles. The number of aromatic nitrogens is 1. The van der Waals surface area contributed by atoms with E-state index < -0.39 is 5.76 Å². The number of fused-ring (bicyclic) bond motifs is 1. The van der Waals surface area contributed by atoms with Gasteiger partial charge in [0.2, 0.25) is 5.91 Å². The highest BCUT2D eigenvalue weighted by Crippen LogP contribution is 2.11. The Kier molecular flexibility index (Phi) is 4.57. The molecule has 1 N–H and O–H groups in total. The monoisotopic (exact) mass is 277 g/mol. The van der Waals surface area contributed by atoms with Gasteiger partial charge in [-0.1, -0.05) is 19.1 Å². The van der Waals surface area contributed by atoms with Crippen LogP contribution in [0.2, 0.25) is 0 Å². The van der Waals surface area contributed by atoms with Crippen LogP contribution in [0.25, 0.3) is 11.1 Å². The van der Waals surface area contributed by atoms with Crippen LogP contribution in [0, 0.1) is 0 Å². The average molecular weight is 277 g/mol. The van der Waals surface area contributed by atoms with Crippen molar-refractivity contribution < 1.29 is 9.21 Å². The molecule has 1 amide bonds. The van der Waals surface area contributed by atoms with E-state index in [1.807, 2.05) is 25.1 Å². The summed E-state index contributed by atoms with van der Waals surface area (Å²) in [6.45, 7) is 3.23. The molecule has 1 heterocycles. The van der Waals surface area contributed by atoms with Crippen molar-refractivity contribution in [3.8, 4) is 0 Å². The minimum atomic E-state index is -0.410. The van der Waals surface area contributed by atoms with E-state index >= 15 is 0 Å². The summed E-state index contributed by atoms with van der Waals surface area (Å²) in [4.78, 5) is 25.2. The number of hydrogen-bond acceptors (Lipinski definition) is 4. The molecule has 0 saturated carbocycles. The molecule has 0 atom stereocenters. The number of hydrogen-bond donors (Lipinski definition) is 1. The molecule has 20 heavy (non-hydrogen) atoms. The van der Waals surface area contributed by atoms with Crippen molar-refractivity contribution in [1.29, 1.82) is 0 Å². The van der Waals surface area contributed by atoms with Crippen molar-refractivity contribution in [2.75, 3.05) is 20.1 Å². The Balaban J connectivity index is 2.06. The summed E-state index contributed by atoms with van der Waals surface area (Å²) >= 11 is 0. The van der Waals surface area contributed by atoms with Crippen molar-refractivity contribution in [1.82, 2.24) is 14.8 Å². The molecule has 0 radical (unpaired) electrons. The molecule has 1 aromatic heterocycles. The van der Waals surface area contributed by atoms with Crippen LogP contribution in [0.3, 0.4) is 0 Å². The molecule has 6 heteroatoms. The Morgan fingerprint density at radius 3 is 2.90 bits per heavy atom. The van der Waals surface area contributed by atoms with Crippen molar-refractivity contribution in [3.05, 3.63) is 34.8 Å². The van der Waals surface area contributed by atoms with Gasteiger partial charge in [0.05, 0.1) is 18.7 Å². The zero-order chi connectivity index (χ0) is 14.5. The maximum absolute atomic E-state index is 11.8. The van der Waals surface area contributed by atoms with Crippen LogP contribution in [-0.2, 0) is 11.5 Å². The number of carbonyl (C=O) groups excluding carboxylic acids is 1. The maximum Gasteiger partial charge on any atom is 0.421 e. The zero-order valence-corrected chi connectivity index (χ0v) is 11.8. The van der Waals surface area contributed by atoms with Crippen LogP contribution in [0.15, 0.2) is 33.5 Å². The van der Waals surface area contributed by atoms with Crippen LogP contribution < -0.4 is 11.1 Å². The number of amides is 1. The summed E-state index contributed by atoms with van der Waals surface area (Å²) in [5, 5.41) is 2.80. The van der Waals surface area contributed by atoms with E-state index in [2.05, 4.69) is 5.32 Å². The van der Waals surface area contributed by atoms with E-state index in [1.54, 1.807) is 18.0 Å². The van der Waals surface area contributed by atoms with E-state index in [0.29, 0.717) is 18.8 Å². The zero-order valence-electron chi connectivity index (χ0n) is 11.8. The van der Waals surface area contributed by atoms with E-state index in [1.165, 1.54) is 4.57 Å². The van der Waals surface area contributed by atoms with Crippen molar-refractivity contribution in [3.63, 3.8) is 0 Å². The fourth-order valence-electron chi connectivity index (χ4n) is 2.00. The number of nitrogens with one attached hydrogen (secondary N) is 1. The summed E-state index contributed by atoms with van der Waals surface area (Å²) in [5.74, 6) is -0.456. The number of nitrogens with zero attached hydrogens (tertiary/aromatic N) is 2. The first kappa shape index (κ1) is 14.3. The Hall–Kier alpha value is -2.08. The molecule has 6 nitrogen and oxygen atoms in total. The van der Waals surface area contributed by atoms with E-state index in [9.17, 15) is 9.59 Å². The lowest BCUT2D eigenvalue weighted by molar-refractivity contribution is -0.122. The second-order valence-electron chi connectivity index (χ2n) is 4.77. The topological polar surface area (TPSA) is 67.5 Å². The lowest BCUT2D eigenvalue weighted by Gasteiger charge is -2.16. The van der Waals surface area contributed by atoms with Gasteiger partial charge in [-0.25, -0.2) is 4.79 Å². The van der Waals surface area contributed by atoms with Crippen LogP contribution in [0.4, 0.5) is 0 Å². The normalized spacial score (nSPS) is 11.2. The molecule has 0 bridgehead atoms. The SMILES string of the molecule is CCCNC(=O)CN(C)Cn1c(=O)oc2ccccc21. The molecule has 2 aromatic rings. The van der Waals surface area contributed by atoms with Gasteiger partial charge in [0.25, 0.3) is 0 Å². The third kappa shape index (κ3) is 3.27. The van der Waals surface area contributed by atoms with Gasteiger partial charge in [0.1, 0.15) is 0 Å². The number of rotatable bonds is 6. The average Bonchev–Trinajstić information content (AvgIpc) is 2.73. The van der Waals surface area contributed by atoms with Gasteiger partial charge in [-0.05, 0) is 25.6 Å². The fourth-order valence-corrected chi connectivity index (χ4v) is 2.00. The van der Waals surface area contributed by atoms with Crippen LogP contribution in [0.1, 0.15) is 13.3 Å². The lowest BCUT2D eigenvalue weighted by atomic mass is 10.3. The lowest BCUT2D eigenvalue weighted by Crippen LogP contribution is -2.37. The molecule has 2 rings (SSSR count). The smallest absolute Gasteiger partial charge is 0.408 e. The van der Waals surface area contributed by atoms with Gasteiger partial charge in [0, 0.05) is 6.54 Å². The first-order chi connectivity index (χ1) is 9.61. The second-order valence-corrected chi connectivity index (χ2v) is 4.77. The molecular formula is C14H19N3O3. The van der Waals surface area contributed by atoms with Gasteiger partial charge in [-0.2, -0.15) is 0 Å². The van der Waals surface area contributed by atoms with Crippen molar-refractivity contribution >= 4 is 17.0 Å². The standard InChI is InChI=1S/C14H19N3O3/c1-3-8-15-13(18)9-16(2)10-17-11-6-4-5-7-12(11)20-14(17)19/h4-7H,3,8-10H2,1-2H3,(H,15,18). The Morgan fingerprint density at radius 1 is 1.40 bits per heavy atom. The van der Waals surface area contributed by atoms with Crippen molar-refractivity contribution in [2.45, 2.75) is 20.0 Å². The first-order valence-electron chi connectivity index (χ1n) is 6.65. The number of oxazole rings is 1. The number of benzene rings is 1. The summed E-state index contributed by atoms with van der Waals surface area (Å²) < 4.78 is 6.67. The van der Waals surface area contributed by atoms with Crippen molar-refractivity contribution in [2.24, 2.45) is 0 Å². The summed E-state index contributed by atoms with van der Waals surface area (Å²) in [6.07, 6.45) is 0.904. The molecule has 108 valence electrons. The highest BCUT2D eigenvalue weighted by molar-refractivity contribution is 5.78. The van der Waals surface area contributed by atoms with Gasteiger partial charge in [0.15, 0.2) is 5.58 Å². The molecule has 0 aliphatic heterocycles. The molecule has 0 fully saturated rings. The van der Waals surface area contributed by atoms with E-state index in [-0.39, 0.29) is 12.5 Å². The highest BCUT2D eigenvalue weighted by Gasteiger charge is 2.12. The molecule has 0 aliphatic rings. The third-order valence-electron chi connectivity index (χ3n) is 2.94. The third-order valence-corrected chi connectivity index (χ3v) is 2.94. The van der Waals surface area contributed by atoms with Gasteiger partial charge < -0.3 is 9.73 Å². The minimum Gasteiger partial charge on any atom is -0.408 e. The van der Waals surface area contributed by atoms with Crippen LogP contribution in [-0.4, -0.2) is 35.5 Å². The van der Waals surface area contributed by atoms with Gasteiger partial charge >= 0.3 is 5.76 Å². The predicted octanol–water partition coefficient (Wildman–Crippen LogP) is 1.01. The number of para-hydroxylation sites is 2. The largest absolute Gasteiger partial charge is 0.421 e. The fraction of sp³-hybridized carbons (Fsp3) is 0.429. The van der Waals surface area contributed by atoms with Gasteiger partial charge in [-0.3, -0.25) is 14.3 Å². The minimum absolute atomic E-state index is 0.0461. The second kappa shape index (κ2) is 6.38. The number of carbonyl (C=O) groups is 1. The molecule has 0 spiro atoms. The summed E-state index contributed by atoms with van der Waals surface area (Å²) in [5.41, 5.74) is 1.29. The predicted molar refractivity (Wildman–Crippen MR) is 76.4 cm³/mol. The summed E-state index contributed by atoms with van der Waals surface area (Å²) in [7, 11) is 1.79. The Bertz CT molecular complexity index is 644. The van der Waals surface area contributed by atoms with E-state index in [0.717, 1.165) is 11.9 Å². The maximum atomic E-state index is 11.8. The summed E-state index contributed by atoms with van der Waals surface area (Å²) in [6, 6.07) is 7.24. The number of likely N-dealkylation sites (N-methyl/N-ethyl adjacent to an activating group) is 1. The molecule has 0 aliphatic carbocycles. The Labute approximate surface area is 117 Å². The first-order valence-corrected chi connectivity index (χ1v) is 6.65. The molecular weight excluding hydrogens is 258 g/mol. The quantitative estimate of drug-likeness (QED) is 0.855. The molecule has 0 unspecified atom stereocenters. The highest BCUT2D eigenvalue weighted by atomic mass is 16.4.